The Morgan fingerprint density at radius 3 is 2.86 bits per heavy atom. The molecule has 21 heavy (non-hydrogen) atoms. The molecule has 0 bridgehead atoms. The maximum absolute atomic E-state index is 11.8. The van der Waals surface area contributed by atoms with Crippen LogP contribution in [0.3, 0.4) is 0 Å². The van der Waals surface area contributed by atoms with E-state index >= 15 is 0 Å². The third-order valence-electron chi connectivity index (χ3n) is 2.85. The third-order valence-corrected chi connectivity index (χ3v) is 4.06. The van der Waals surface area contributed by atoms with E-state index < -0.39 is 5.97 Å². The number of hydrogen-bond donors (Lipinski definition) is 1. The minimum absolute atomic E-state index is 0.305. The molecular weight excluding hydrogens is 310 g/mol. The number of nitrogens with zero attached hydrogens (tertiary/aromatic N) is 2. The molecule has 112 valence electrons. The second kappa shape index (κ2) is 6.78. The fourth-order valence-electron chi connectivity index (χ4n) is 1.90. The van der Waals surface area contributed by atoms with Crippen molar-refractivity contribution in [2.75, 3.05) is 24.3 Å². The van der Waals surface area contributed by atoms with Crippen LogP contribution in [0.2, 0.25) is 4.34 Å². The van der Waals surface area contributed by atoms with E-state index in [0.717, 1.165) is 9.21 Å². The molecule has 0 saturated heterocycles. The Hall–Kier alpha value is -1.79. The standard InChI is InChI=1S/C14H16ClN3O2S/c1-3-20-14(19)10-6-7-17-13(12(10)16)18(2)8-9-4-5-11(15)21-9/h4-7H,3,8,16H2,1-2H3. The van der Waals surface area contributed by atoms with Gasteiger partial charge in [0, 0.05) is 18.1 Å². The number of thiophene rings is 1. The highest BCUT2D eigenvalue weighted by molar-refractivity contribution is 7.16. The van der Waals surface area contributed by atoms with Crippen LogP contribution in [0.15, 0.2) is 24.4 Å². The summed E-state index contributed by atoms with van der Waals surface area (Å²) < 4.78 is 5.72. The fraction of sp³-hybridized carbons (Fsp3) is 0.286. The van der Waals surface area contributed by atoms with Gasteiger partial charge < -0.3 is 15.4 Å². The summed E-state index contributed by atoms with van der Waals surface area (Å²) in [6.07, 6.45) is 1.55. The van der Waals surface area contributed by atoms with Gasteiger partial charge in [0.1, 0.15) is 0 Å². The van der Waals surface area contributed by atoms with Gasteiger partial charge in [0.15, 0.2) is 5.82 Å². The Morgan fingerprint density at radius 2 is 2.24 bits per heavy atom. The van der Waals surface area contributed by atoms with Crippen molar-refractivity contribution in [3.63, 3.8) is 0 Å². The predicted octanol–water partition coefficient (Wildman–Crippen LogP) is 3.19. The van der Waals surface area contributed by atoms with Gasteiger partial charge in [-0.3, -0.25) is 0 Å². The van der Waals surface area contributed by atoms with Crippen molar-refractivity contribution in [1.29, 1.82) is 0 Å². The molecule has 7 heteroatoms. The van der Waals surface area contributed by atoms with Crippen LogP contribution in [-0.4, -0.2) is 24.6 Å². The number of halogens is 1. The first-order chi connectivity index (χ1) is 10.0. The van der Waals surface area contributed by atoms with E-state index in [1.165, 1.54) is 11.3 Å². The third kappa shape index (κ3) is 3.65. The van der Waals surface area contributed by atoms with Crippen LogP contribution < -0.4 is 10.6 Å². The van der Waals surface area contributed by atoms with Gasteiger partial charge in [0.05, 0.1) is 28.7 Å². The summed E-state index contributed by atoms with van der Waals surface area (Å²) in [6.45, 7) is 2.67. The number of ether oxygens (including phenoxy) is 1. The van der Waals surface area contributed by atoms with Gasteiger partial charge >= 0.3 is 5.97 Å². The molecule has 2 heterocycles. The van der Waals surface area contributed by atoms with E-state index in [-0.39, 0.29) is 0 Å². The van der Waals surface area contributed by atoms with E-state index in [1.807, 2.05) is 24.1 Å². The molecule has 2 rings (SSSR count). The molecule has 0 atom stereocenters. The van der Waals surface area contributed by atoms with E-state index in [2.05, 4.69) is 4.98 Å². The van der Waals surface area contributed by atoms with Crippen LogP contribution in [-0.2, 0) is 11.3 Å². The molecule has 2 aromatic heterocycles. The molecule has 0 amide bonds. The lowest BCUT2D eigenvalue weighted by Crippen LogP contribution is -2.20. The molecule has 5 nitrogen and oxygen atoms in total. The summed E-state index contributed by atoms with van der Waals surface area (Å²) in [5.41, 5.74) is 6.70. The van der Waals surface area contributed by atoms with Crippen molar-refractivity contribution in [3.8, 4) is 0 Å². The number of carbonyl (C=O) groups is 1. The number of hydrogen-bond acceptors (Lipinski definition) is 6. The van der Waals surface area contributed by atoms with Crippen LogP contribution in [0.5, 0.6) is 0 Å². The molecule has 0 radical (unpaired) electrons. The number of rotatable bonds is 5. The summed E-state index contributed by atoms with van der Waals surface area (Å²) in [5.74, 6) is 0.108. The predicted molar refractivity (Wildman–Crippen MR) is 86.0 cm³/mol. The van der Waals surface area contributed by atoms with Crippen molar-refractivity contribution >= 4 is 40.4 Å². The molecule has 0 aliphatic carbocycles. The summed E-state index contributed by atoms with van der Waals surface area (Å²) in [4.78, 5) is 19.1. The van der Waals surface area contributed by atoms with Gasteiger partial charge in [-0.05, 0) is 25.1 Å². The highest BCUT2D eigenvalue weighted by Crippen LogP contribution is 2.27. The van der Waals surface area contributed by atoms with Crippen molar-refractivity contribution in [2.24, 2.45) is 0 Å². The smallest absolute Gasteiger partial charge is 0.340 e. The number of carbonyl (C=O) groups excluding carboxylic acids is 1. The molecular formula is C14H16ClN3O2S. The van der Waals surface area contributed by atoms with Crippen LogP contribution in [0.4, 0.5) is 11.5 Å². The summed E-state index contributed by atoms with van der Waals surface area (Å²) in [6, 6.07) is 5.36. The Morgan fingerprint density at radius 1 is 1.48 bits per heavy atom. The quantitative estimate of drug-likeness (QED) is 0.855. The Balaban J connectivity index is 2.23. The van der Waals surface area contributed by atoms with Gasteiger partial charge in [-0.15, -0.1) is 11.3 Å². The van der Waals surface area contributed by atoms with Gasteiger partial charge in [0.2, 0.25) is 0 Å². The van der Waals surface area contributed by atoms with Crippen molar-refractivity contribution in [1.82, 2.24) is 4.98 Å². The van der Waals surface area contributed by atoms with Crippen LogP contribution in [0, 0.1) is 0 Å². The molecule has 0 aliphatic rings. The van der Waals surface area contributed by atoms with Gasteiger partial charge in [0.25, 0.3) is 0 Å². The van der Waals surface area contributed by atoms with Crippen molar-refractivity contribution in [2.45, 2.75) is 13.5 Å². The summed E-state index contributed by atoms with van der Waals surface area (Å²) in [5, 5.41) is 0. The van der Waals surface area contributed by atoms with Crippen LogP contribution in [0.1, 0.15) is 22.2 Å². The number of pyridine rings is 1. The number of nitrogens with two attached hydrogens (primary N) is 1. The Kier molecular flexibility index (Phi) is 5.03. The average Bonchev–Trinajstić information content (AvgIpc) is 2.84. The van der Waals surface area contributed by atoms with Crippen molar-refractivity contribution in [3.05, 3.63) is 39.2 Å². The fourth-order valence-corrected chi connectivity index (χ4v) is 3.04. The summed E-state index contributed by atoms with van der Waals surface area (Å²) in [7, 11) is 1.86. The van der Waals surface area contributed by atoms with Crippen LogP contribution >= 0.6 is 22.9 Å². The van der Waals surface area contributed by atoms with E-state index in [4.69, 9.17) is 22.1 Å². The van der Waals surface area contributed by atoms with E-state index in [1.54, 1.807) is 19.2 Å². The Bertz CT molecular complexity index is 645. The molecule has 0 fully saturated rings. The zero-order chi connectivity index (χ0) is 15.4. The molecule has 0 saturated carbocycles. The van der Waals surface area contributed by atoms with Crippen molar-refractivity contribution < 1.29 is 9.53 Å². The molecule has 0 unspecified atom stereocenters. The maximum atomic E-state index is 11.8. The number of anilines is 2. The topological polar surface area (TPSA) is 68.5 Å². The molecule has 0 aliphatic heterocycles. The second-order valence-electron chi connectivity index (χ2n) is 4.38. The van der Waals surface area contributed by atoms with E-state index in [0.29, 0.717) is 30.2 Å². The van der Waals surface area contributed by atoms with E-state index in [9.17, 15) is 4.79 Å². The molecule has 0 spiro atoms. The number of nitrogen functional groups attached to an aromatic ring is 1. The first-order valence-electron chi connectivity index (χ1n) is 6.40. The van der Waals surface area contributed by atoms with Crippen LogP contribution in [0.25, 0.3) is 0 Å². The SMILES string of the molecule is CCOC(=O)c1ccnc(N(C)Cc2ccc(Cl)s2)c1N. The maximum Gasteiger partial charge on any atom is 0.340 e. The highest BCUT2D eigenvalue weighted by Gasteiger charge is 2.17. The first kappa shape index (κ1) is 15.6. The zero-order valence-corrected chi connectivity index (χ0v) is 13.4. The van der Waals surface area contributed by atoms with Gasteiger partial charge in [-0.1, -0.05) is 11.6 Å². The lowest BCUT2D eigenvalue weighted by atomic mass is 10.2. The summed E-state index contributed by atoms with van der Waals surface area (Å²) >= 11 is 7.42. The lowest BCUT2D eigenvalue weighted by Gasteiger charge is -2.20. The monoisotopic (exact) mass is 325 g/mol. The number of esters is 1. The Labute approximate surface area is 132 Å². The number of aromatic nitrogens is 1. The molecule has 0 aromatic carbocycles. The van der Waals surface area contributed by atoms with Gasteiger partial charge in [-0.25, -0.2) is 9.78 Å². The zero-order valence-electron chi connectivity index (χ0n) is 11.8. The largest absolute Gasteiger partial charge is 0.462 e. The second-order valence-corrected chi connectivity index (χ2v) is 6.18. The first-order valence-corrected chi connectivity index (χ1v) is 7.59. The van der Waals surface area contributed by atoms with Gasteiger partial charge in [-0.2, -0.15) is 0 Å². The lowest BCUT2D eigenvalue weighted by molar-refractivity contribution is 0.0527. The molecule has 2 aromatic rings. The highest BCUT2D eigenvalue weighted by atomic mass is 35.5. The average molecular weight is 326 g/mol. The minimum Gasteiger partial charge on any atom is -0.462 e. The normalized spacial score (nSPS) is 10.4. The minimum atomic E-state index is -0.439. The molecule has 2 N–H and O–H groups in total.